The number of hydrogen-bond acceptors (Lipinski definition) is 8. The van der Waals surface area contributed by atoms with E-state index in [1.165, 1.54) is 19.3 Å². The van der Waals surface area contributed by atoms with Crippen molar-refractivity contribution < 1.29 is 15.3 Å². The SMILES string of the molecule is Nc1nc(SCCC2CC2)nc2c1ncn2[C@H]1C(O)[C@@H](O)[C@]2(CO)C[C@H]12. The van der Waals surface area contributed by atoms with Gasteiger partial charge in [-0.25, -0.2) is 15.0 Å². The van der Waals surface area contributed by atoms with Crippen LogP contribution in [-0.4, -0.2) is 59.4 Å². The van der Waals surface area contributed by atoms with Gasteiger partial charge in [-0.15, -0.1) is 0 Å². The molecule has 140 valence electrons. The summed E-state index contributed by atoms with van der Waals surface area (Å²) in [4.78, 5) is 13.3. The second kappa shape index (κ2) is 5.79. The Morgan fingerprint density at radius 2 is 2.12 bits per heavy atom. The number of aliphatic hydroxyl groups excluding tert-OH is 3. The zero-order valence-electron chi connectivity index (χ0n) is 14.3. The molecule has 3 aliphatic carbocycles. The average molecular weight is 377 g/mol. The maximum atomic E-state index is 10.5. The van der Waals surface area contributed by atoms with E-state index in [1.807, 2.05) is 0 Å². The van der Waals surface area contributed by atoms with E-state index in [4.69, 9.17) is 5.73 Å². The third-order valence-electron chi connectivity index (χ3n) is 6.35. The Bertz CT molecular complexity index is 856. The topological polar surface area (TPSA) is 130 Å². The molecule has 8 nitrogen and oxygen atoms in total. The number of rotatable bonds is 6. The maximum absolute atomic E-state index is 10.5. The number of hydrogen-bond donors (Lipinski definition) is 4. The lowest BCUT2D eigenvalue weighted by atomic mass is 10.0. The minimum atomic E-state index is -0.958. The highest BCUT2D eigenvalue weighted by Crippen LogP contribution is 2.67. The Balaban J connectivity index is 1.47. The van der Waals surface area contributed by atoms with Crippen LogP contribution in [0, 0.1) is 17.3 Å². The first-order chi connectivity index (χ1) is 12.5. The quantitative estimate of drug-likeness (QED) is 0.425. The molecule has 5 atom stereocenters. The summed E-state index contributed by atoms with van der Waals surface area (Å²) < 4.78 is 1.81. The van der Waals surface area contributed by atoms with Gasteiger partial charge < -0.3 is 25.6 Å². The molecule has 0 bridgehead atoms. The Kier molecular flexibility index (Phi) is 3.72. The third kappa shape index (κ3) is 2.37. The Labute approximate surface area is 154 Å². The number of nitrogens with two attached hydrogens (primary N) is 1. The number of nitrogens with zero attached hydrogens (tertiary/aromatic N) is 4. The van der Waals surface area contributed by atoms with Crippen molar-refractivity contribution in [1.29, 1.82) is 0 Å². The molecular formula is C17H23N5O3S. The van der Waals surface area contributed by atoms with E-state index >= 15 is 0 Å². The lowest BCUT2D eigenvalue weighted by molar-refractivity contribution is -0.0300. The van der Waals surface area contributed by atoms with E-state index in [0.717, 1.165) is 11.7 Å². The van der Waals surface area contributed by atoms with Crippen molar-refractivity contribution in [1.82, 2.24) is 19.5 Å². The molecule has 0 aromatic carbocycles. The molecule has 1 unspecified atom stereocenters. The van der Waals surface area contributed by atoms with Gasteiger partial charge in [0, 0.05) is 11.2 Å². The molecule has 0 amide bonds. The average Bonchev–Trinajstić information content (AvgIpc) is 3.52. The molecule has 9 heteroatoms. The van der Waals surface area contributed by atoms with Gasteiger partial charge in [0.2, 0.25) is 0 Å². The van der Waals surface area contributed by atoms with Crippen molar-refractivity contribution in [2.45, 2.75) is 49.1 Å². The first kappa shape index (κ1) is 16.7. The predicted octanol–water partition coefficient (Wildman–Crippen LogP) is 0.576. The minimum absolute atomic E-state index is 0.0112. The van der Waals surface area contributed by atoms with E-state index in [1.54, 1.807) is 22.7 Å². The molecule has 26 heavy (non-hydrogen) atoms. The lowest BCUT2D eigenvalue weighted by Gasteiger charge is -2.23. The predicted molar refractivity (Wildman–Crippen MR) is 96.5 cm³/mol. The summed E-state index contributed by atoms with van der Waals surface area (Å²) in [5, 5.41) is 31.2. The van der Waals surface area contributed by atoms with Crippen molar-refractivity contribution in [2.24, 2.45) is 17.3 Å². The number of imidazole rings is 1. The summed E-state index contributed by atoms with van der Waals surface area (Å²) in [5.41, 5.74) is 6.58. The van der Waals surface area contributed by atoms with Crippen LogP contribution >= 0.6 is 11.8 Å². The Morgan fingerprint density at radius 3 is 2.81 bits per heavy atom. The van der Waals surface area contributed by atoms with Crippen LogP contribution in [-0.2, 0) is 0 Å². The third-order valence-corrected chi connectivity index (χ3v) is 7.23. The highest BCUT2D eigenvalue weighted by molar-refractivity contribution is 7.99. The summed E-state index contributed by atoms with van der Waals surface area (Å²) in [6, 6.07) is -0.360. The molecule has 2 heterocycles. The highest BCUT2D eigenvalue weighted by atomic mass is 32.2. The van der Waals surface area contributed by atoms with Gasteiger partial charge >= 0.3 is 0 Å². The van der Waals surface area contributed by atoms with Crippen LogP contribution in [0.5, 0.6) is 0 Å². The van der Waals surface area contributed by atoms with Crippen molar-refractivity contribution in [2.75, 3.05) is 18.1 Å². The van der Waals surface area contributed by atoms with E-state index in [-0.39, 0.29) is 18.6 Å². The van der Waals surface area contributed by atoms with Gasteiger partial charge in [-0.1, -0.05) is 24.6 Å². The monoisotopic (exact) mass is 377 g/mol. The van der Waals surface area contributed by atoms with Crippen molar-refractivity contribution >= 4 is 28.7 Å². The number of thioether (sulfide) groups is 1. The number of nitrogen functional groups attached to an aromatic ring is 1. The van der Waals surface area contributed by atoms with E-state index in [2.05, 4.69) is 15.0 Å². The molecule has 3 saturated carbocycles. The number of aromatic nitrogens is 4. The molecule has 0 spiro atoms. The smallest absolute Gasteiger partial charge is 0.191 e. The molecule has 3 aliphatic rings. The number of aliphatic hydroxyl groups is 3. The van der Waals surface area contributed by atoms with Crippen LogP contribution in [0.3, 0.4) is 0 Å². The van der Waals surface area contributed by atoms with Crippen LogP contribution in [0.25, 0.3) is 11.2 Å². The zero-order chi connectivity index (χ0) is 18.1. The van der Waals surface area contributed by atoms with Gasteiger partial charge in [-0.2, -0.15) is 0 Å². The zero-order valence-corrected chi connectivity index (χ0v) is 15.1. The normalized spacial score (nSPS) is 35.8. The summed E-state index contributed by atoms with van der Waals surface area (Å²) in [6.07, 6.45) is 4.22. The van der Waals surface area contributed by atoms with Gasteiger partial charge in [0.1, 0.15) is 11.6 Å². The van der Waals surface area contributed by atoms with Crippen molar-refractivity contribution in [3.8, 4) is 0 Å². The second-order valence-corrected chi connectivity index (χ2v) is 8.99. The fourth-order valence-electron chi connectivity index (χ4n) is 4.47. The summed E-state index contributed by atoms with van der Waals surface area (Å²) in [5.74, 6) is 2.16. The van der Waals surface area contributed by atoms with Gasteiger partial charge in [0.25, 0.3) is 0 Å². The first-order valence-electron chi connectivity index (χ1n) is 9.15. The van der Waals surface area contributed by atoms with Gasteiger partial charge in [-0.3, -0.25) is 0 Å². The molecule has 3 fully saturated rings. The highest BCUT2D eigenvalue weighted by Gasteiger charge is 2.71. The minimum Gasteiger partial charge on any atom is -0.396 e. The summed E-state index contributed by atoms with van der Waals surface area (Å²) in [7, 11) is 0. The number of anilines is 1. The summed E-state index contributed by atoms with van der Waals surface area (Å²) in [6.45, 7) is -0.127. The van der Waals surface area contributed by atoms with Crippen molar-refractivity contribution in [3.63, 3.8) is 0 Å². The fraction of sp³-hybridized carbons (Fsp3) is 0.706. The van der Waals surface area contributed by atoms with E-state index in [9.17, 15) is 15.3 Å². The number of fused-ring (bicyclic) bond motifs is 2. The first-order valence-corrected chi connectivity index (χ1v) is 10.1. The van der Waals surface area contributed by atoms with Crippen LogP contribution in [0.4, 0.5) is 5.82 Å². The van der Waals surface area contributed by atoms with Gasteiger partial charge in [0.05, 0.1) is 25.1 Å². The van der Waals surface area contributed by atoms with E-state index < -0.39 is 17.6 Å². The second-order valence-electron chi connectivity index (χ2n) is 7.92. The summed E-state index contributed by atoms with van der Waals surface area (Å²) >= 11 is 1.59. The largest absolute Gasteiger partial charge is 0.396 e. The molecule has 5 rings (SSSR count). The lowest BCUT2D eigenvalue weighted by Crippen LogP contribution is -2.35. The fourth-order valence-corrected chi connectivity index (χ4v) is 5.42. The van der Waals surface area contributed by atoms with Gasteiger partial charge in [-0.05, 0) is 24.7 Å². The molecule has 2 aromatic heterocycles. The molecular weight excluding hydrogens is 354 g/mol. The van der Waals surface area contributed by atoms with Crippen molar-refractivity contribution in [3.05, 3.63) is 6.33 Å². The standard InChI is InChI=1S/C17H23N5O3S/c18-14-10-15(21-16(20-14)26-4-3-8-1-2-8)22(7-19-10)11-9-5-17(9,6-23)13(25)12(11)24/h7-9,11-13,23-25H,1-6H2,(H2,18,20,21)/t9-,11-,12?,13-,17+/m1/s1. The van der Waals surface area contributed by atoms with Crippen LogP contribution in [0.1, 0.15) is 31.7 Å². The van der Waals surface area contributed by atoms with Crippen LogP contribution < -0.4 is 5.73 Å². The Morgan fingerprint density at radius 1 is 1.31 bits per heavy atom. The maximum Gasteiger partial charge on any atom is 0.191 e. The van der Waals surface area contributed by atoms with Gasteiger partial charge in [0.15, 0.2) is 16.6 Å². The molecule has 0 radical (unpaired) electrons. The molecule has 0 aliphatic heterocycles. The Hall–Kier alpha value is -1.42. The van der Waals surface area contributed by atoms with E-state index in [0.29, 0.717) is 28.6 Å². The van der Waals surface area contributed by atoms with Crippen LogP contribution in [0.15, 0.2) is 11.5 Å². The molecule has 0 saturated heterocycles. The molecule has 2 aromatic rings. The molecule has 5 N–H and O–H groups in total. The van der Waals surface area contributed by atoms with Crippen LogP contribution in [0.2, 0.25) is 0 Å².